The number of allylic oxidation sites excluding steroid dienone is 1. The van der Waals surface area contributed by atoms with Gasteiger partial charge < -0.3 is 9.47 Å². The molecule has 0 saturated carbocycles. The molecule has 1 aliphatic rings. The minimum Gasteiger partial charge on any atom is -0.460 e. The number of alkyl halides is 3. The van der Waals surface area contributed by atoms with Crippen LogP contribution in [0.5, 0.6) is 0 Å². The SMILES string of the molecule is CC(C)(C)OC(=O)C[C@H]1C(=O)C=CN(C(=O)OCc2ccccc2)[C@@H]1c1ccc(C(F)(F)F)cc1. The second-order valence-electron chi connectivity index (χ2n) is 9.13. The molecule has 0 N–H and O–H groups in total. The third-order valence-electron chi connectivity index (χ3n) is 5.25. The van der Waals surface area contributed by atoms with Crippen molar-refractivity contribution >= 4 is 17.8 Å². The van der Waals surface area contributed by atoms with E-state index in [2.05, 4.69) is 0 Å². The van der Waals surface area contributed by atoms with Crippen molar-refractivity contribution in [2.45, 2.75) is 51.6 Å². The zero-order valence-corrected chi connectivity index (χ0v) is 19.5. The van der Waals surface area contributed by atoms with Gasteiger partial charge in [0.25, 0.3) is 0 Å². The van der Waals surface area contributed by atoms with Gasteiger partial charge in [0, 0.05) is 6.20 Å². The molecule has 0 radical (unpaired) electrons. The molecule has 6 nitrogen and oxygen atoms in total. The molecule has 0 bridgehead atoms. The topological polar surface area (TPSA) is 72.9 Å². The lowest BCUT2D eigenvalue weighted by atomic mass is 9.83. The summed E-state index contributed by atoms with van der Waals surface area (Å²) in [4.78, 5) is 39.5. The van der Waals surface area contributed by atoms with E-state index in [1.54, 1.807) is 45.0 Å². The molecule has 0 spiro atoms. The first-order valence-corrected chi connectivity index (χ1v) is 11.0. The first-order valence-electron chi connectivity index (χ1n) is 11.0. The van der Waals surface area contributed by atoms with Crippen LogP contribution < -0.4 is 0 Å². The first-order chi connectivity index (χ1) is 16.3. The van der Waals surface area contributed by atoms with Gasteiger partial charge in [-0.2, -0.15) is 13.2 Å². The summed E-state index contributed by atoms with van der Waals surface area (Å²) in [6, 6.07) is 12.0. The van der Waals surface area contributed by atoms with Crippen molar-refractivity contribution in [3.05, 3.63) is 83.6 Å². The molecule has 1 aliphatic heterocycles. The molecule has 2 aromatic rings. The molecule has 186 valence electrons. The Bertz CT molecular complexity index is 1090. The smallest absolute Gasteiger partial charge is 0.416 e. The van der Waals surface area contributed by atoms with Crippen LogP contribution in [-0.2, 0) is 31.8 Å². The van der Waals surface area contributed by atoms with Gasteiger partial charge in [0.2, 0.25) is 0 Å². The van der Waals surface area contributed by atoms with E-state index in [9.17, 15) is 27.6 Å². The number of benzene rings is 2. The van der Waals surface area contributed by atoms with Crippen LogP contribution in [0.15, 0.2) is 66.9 Å². The highest BCUT2D eigenvalue weighted by Crippen LogP contribution is 2.38. The quantitative estimate of drug-likeness (QED) is 0.494. The number of halogens is 3. The van der Waals surface area contributed by atoms with Gasteiger partial charge in [-0.15, -0.1) is 0 Å². The number of hydrogen-bond acceptors (Lipinski definition) is 5. The molecule has 9 heteroatoms. The van der Waals surface area contributed by atoms with E-state index in [-0.39, 0.29) is 18.6 Å². The molecule has 0 fully saturated rings. The number of nitrogens with zero attached hydrogens (tertiary/aromatic N) is 1. The summed E-state index contributed by atoms with van der Waals surface area (Å²) in [7, 11) is 0. The zero-order chi connectivity index (χ0) is 25.8. The van der Waals surface area contributed by atoms with Crippen molar-refractivity contribution in [2.24, 2.45) is 5.92 Å². The Hall–Kier alpha value is -3.62. The Morgan fingerprint density at radius 1 is 0.971 bits per heavy atom. The minimum absolute atomic E-state index is 0.0472. The third kappa shape index (κ3) is 6.94. The number of hydrogen-bond donors (Lipinski definition) is 0. The van der Waals surface area contributed by atoms with Crippen LogP contribution in [0, 0.1) is 5.92 Å². The summed E-state index contributed by atoms with van der Waals surface area (Å²) in [5, 5.41) is 0. The fourth-order valence-electron chi connectivity index (χ4n) is 3.72. The molecule has 0 aromatic heterocycles. The Balaban J connectivity index is 1.92. The number of ketones is 1. The third-order valence-corrected chi connectivity index (χ3v) is 5.25. The lowest BCUT2D eigenvalue weighted by Gasteiger charge is -2.36. The monoisotopic (exact) mass is 489 g/mol. The molecule has 2 atom stereocenters. The van der Waals surface area contributed by atoms with Gasteiger partial charge in [-0.05, 0) is 50.1 Å². The molecule has 35 heavy (non-hydrogen) atoms. The highest BCUT2D eigenvalue weighted by Gasteiger charge is 2.41. The van der Waals surface area contributed by atoms with Gasteiger partial charge in [0.05, 0.1) is 23.9 Å². The molecule has 1 heterocycles. The van der Waals surface area contributed by atoms with E-state index >= 15 is 0 Å². The van der Waals surface area contributed by atoms with E-state index in [4.69, 9.17) is 9.47 Å². The summed E-state index contributed by atoms with van der Waals surface area (Å²) in [5.41, 5.74) is -0.695. The van der Waals surface area contributed by atoms with Crippen molar-refractivity contribution in [3.8, 4) is 0 Å². The van der Waals surface area contributed by atoms with Crippen LogP contribution in [-0.4, -0.2) is 28.3 Å². The van der Waals surface area contributed by atoms with E-state index in [1.807, 2.05) is 6.07 Å². The van der Waals surface area contributed by atoms with Gasteiger partial charge in [-0.1, -0.05) is 42.5 Å². The van der Waals surface area contributed by atoms with Crippen LogP contribution >= 0.6 is 0 Å². The van der Waals surface area contributed by atoms with Crippen molar-refractivity contribution in [2.75, 3.05) is 0 Å². The highest BCUT2D eigenvalue weighted by atomic mass is 19.4. The van der Waals surface area contributed by atoms with Gasteiger partial charge >= 0.3 is 18.2 Å². The number of carbonyl (C=O) groups excluding carboxylic acids is 3. The van der Waals surface area contributed by atoms with E-state index < -0.39 is 47.1 Å². The van der Waals surface area contributed by atoms with Crippen LogP contribution in [0.1, 0.15) is 49.9 Å². The summed E-state index contributed by atoms with van der Waals surface area (Å²) in [6.45, 7) is 4.98. The second-order valence-corrected chi connectivity index (χ2v) is 9.13. The van der Waals surface area contributed by atoms with E-state index in [0.29, 0.717) is 0 Å². The van der Waals surface area contributed by atoms with E-state index in [1.165, 1.54) is 18.3 Å². The number of ether oxygens (including phenoxy) is 2. The standard InChI is InChI=1S/C26H26F3NO5/c1-25(2,3)35-22(32)15-20-21(31)13-14-30(24(33)34-16-17-7-5-4-6-8-17)23(20)18-9-11-19(12-10-18)26(27,28)29/h4-14,20,23H,15-16H2,1-3H3/t20-,23+/m0/s1. The van der Waals surface area contributed by atoms with Gasteiger partial charge in [0.1, 0.15) is 12.2 Å². The fraction of sp³-hybridized carbons (Fsp3) is 0.346. The molecule has 0 unspecified atom stereocenters. The van der Waals surface area contributed by atoms with Crippen molar-refractivity contribution in [1.29, 1.82) is 0 Å². The summed E-state index contributed by atoms with van der Waals surface area (Å²) >= 11 is 0. The highest BCUT2D eigenvalue weighted by molar-refractivity contribution is 5.96. The lowest BCUT2D eigenvalue weighted by Crippen LogP contribution is -2.42. The lowest BCUT2D eigenvalue weighted by molar-refractivity contribution is -0.157. The van der Waals surface area contributed by atoms with E-state index in [0.717, 1.165) is 28.7 Å². The average molecular weight is 489 g/mol. The normalized spacial score (nSPS) is 18.3. The van der Waals surface area contributed by atoms with Crippen LogP contribution in [0.4, 0.5) is 18.0 Å². The summed E-state index contributed by atoms with van der Waals surface area (Å²) < 4.78 is 50.0. The number of carbonyl (C=O) groups is 3. The molecule has 3 rings (SSSR count). The number of rotatable bonds is 5. The molecule has 0 aliphatic carbocycles. The van der Waals surface area contributed by atoms with Crippen LogP contribution in [0.2, 0.25) is 0 Å². The molecule has 1 amide bonds. The zero-order valence-electron chi connectivity index (χ0n) is 19.5. The number of amides is 1. The summed E-state index contributed by atoms with van der Waals surface area (Å²) in [5.74, 6) is -2.19. The largest absolute Gasteiger partial charge is 0.460 e. The maximum Gasteiger partial charge on any atom is 0.416 e. The predicted molar refractivity (Wildman–Crippen MR) is 121 cm³/mol. The van der Waals surface area contributed by atoms with Gasteiger partial charge in [-0.25, -0.2) is 4.79 Å². The first kappa shape index (κ1) is 26.0. The van der Waals surface area contributed by atoms with Crippen molar-refractivity contribution < 1.29 is 37.0 Å². The number of esters is 1. The maximum absolute atomic E-state index is 13.1. The Morgan fingerprint density at radius 3 is 2.17 bits per heavy atom. The Morgan fingerprint density at radius 2 is 1.60 bits per heavy atom. The van der Waals surface area contributed by atoms with Crippen LogP contribution in [0.25, 0.3) is 0 Å². The maximum atomic E-state index is 13.1. The fourth-order valence-corrected chi connectivity index (χ4v) is 3.72. The molecule has 2 aromatic carbocycles. The second kappa shape index (κ2) is 10.3. The summed E-state index contributed by atoms with van der Waals surface area (Å²) in [6.07, 6.45) is -3.35. The average Bonchev–Trinajstić information content (AvgIpc) is 2.77. The van der Waals surface area contributed by atoms with Crippen molar-refractivity contribution in [1.82, 2.24) is 4.90 Å². The van der Waals surface area contributed by atoms with Crippen LogP contribution in [0.3, 0.4) is 0 Å². The van der Waals surface area contributed by atoms with Gasteiger partial charge in [0.15, 0.2) is 5.78 Å². The van der Waals surface area contributed by atoms with Gasteiger partial charge in [-0.3, -0.25) is 14.5 Å². The molecule has 0 saturated heterocycles. The molecular weight excluding hydrogens is 463 g/mol. The minimum atomic E-state index is -4.55. The predicted octanol–water partition coefficient (Wildman–Crippen LogP) is 5.83. The van der Waals surface area contributed by atoms with Crippen molar-refractivity contribution in [3.63, 3.8) is 0 Å². The molecular formula is C26H26F3NO5. The Labute approximate surface area is 201 Å². The Kier molecular flexibility index (Phi) is 7.67.